The average Bonchev–Trinajstić information content (AvgIpc) is 3.33. The molecule has 2 aliphatic heterocycles. The first-order valence-corrected chi connectivity index (χ1v) is 11.9. The molecule has 0 aliphatic carbocycles. The van der Waals surface area contributed by atoms with E-state index in [2.05, 4.69) is 15.9 Å². The number of anilines is 2. The Morgan fingerprint density at radius 2 is 1.76 bits per heavy atom. The molecular weight excluding hydrogens is 524 g/mol. The SMILES string of the molecule is CCOc1cc([C@@H]2[C@@H]3C(=O)N(c4cccc(Cl)c4)C(=O)[C@@H]3ON2c2ccccc2)cc(Br)c1O. The molecule has 174 valence electrons. The Hall–Kier alpha value is -3.07. The van der Waals surface area contributed by atoms with Crippen LogP contribution in [-0.4, -0.2) is 29.6 Å². The van der Waals surface area contributed by atoms with Gasteiger partial charge in [0.25, 0.3) is 5.91 Å². The summed E-state index contributed by atoms with van der Waals surface area (Å²) >= 11 is 9.49. The molecule has 0 bridgehead atoms. The number of hydrogen-bond donors (Lipinski definition) is 1. The highest BCUT2D eigenvalue weighted by Crippen LogP contribution is 2.49. The summed E-state index contributed by atoms with van der Waals surface area (Å²) in [4.78, 5) is 34.4. The molecule has 0 aromatic heterocycles. The molecule has 0 spiro atoms. The molecule has 34 heavy (non-hydrogen) atoms. The maximum atomic E-state index is 13.7. The number of nitrogens with zero attached hydrogens (tertiary/aromatic N) is 2. The number of para-hydroxylation sites is 1. The van der Waals surface area contributed by atoms with Crippen LogP contribution in [0.1, 0.15) is 18.5 Å². The summed E-state index contributed by atoms with van der Waals surface area (Å²) in [6.45, 7) is 2.16. The van der Waals surface area contributed by atoms with Crippen LogP contribution in [-0.2, 0) is 14.4 Å². The van der Waals surface area contributed by atoms with Gasteiger partial charge in [0, 0.05) is 5.02 Å². The number of phenolic OH excluding ortho intramolecular Hbond substituents is 1. The van der Waals surface area contributed by atoms with Gasteiger partial charge in [0.1, 0.15) is 5.92 Å². The second-order valence-electron chi connectivity index (χ2n) is 7.93. The van der Waals surface area contributed by atoms with Crippen molar-refractivity contribution in [3.05, 3.63) is 81.8 Å². The highest BCUT2D eigenvalue weighted by Gasteiger charge is 2.60. The molecule has 1 N–H and O–H groups in total. The Kier molecular flexibility index (Phi) is 5.97. The molecule has 2 amide bonds. The fourth-order valence-electron chi connectivity index (χ4n) is 4.45. The van der Waals surface area contributed by atoms with Crippen LogP contribution in [0, 0.1) is 5.92 Å². The van der Waals surface area contributed by atoms with Gasteiger partial charge in [-0.05, 0) is 70.9 Å². The molecule has 9 heteroatoms. The topological polar surface area (TPSA) is 79.3 Å². The minimum atomic E-state index is -1.01. The van der Waals surface area contributed by atoms with E-state index in [1.807, 2.05) is 37.3 Å². The molecule has 2 aliphatic rings. The number of aromatic hydroxyl groups is 1. The highest BCUT2D eigenvalue weighted by molar-refractivity contribution is 9.10. The van der Waals surface area contributed by atoms with Crippen molar-refractivity contribution >= 4 is 50.7 Å². The summed E-state index contributed by atoms with van der Waals surface area (Å²) in [6, 6.07) is 18.6. The normalized spacial score (nSPS) is 21.8. The molecule has 2 heterocycles. The number of ether oxygens (including phenoxy) is 1. The fraction of sp³-hybridized carbons (Fsp3) is 0.200. The quantitative estimate of drug-likeness (QED) is 0.443. The number of hydroxylamine groups is 1. The molecule has 0 radical (unpaired) electrons. The Morgan fingerprint density at radius 3 is 2.47 bits per heavy atom. The van der Waals surface area contributed by atoms with Crippen molar-refractivity contribution in [2.45, 2.75) is 19.1 Å². The van der Waals surface area contributed by atoms with Gasteiger partial charge < -0.3 is 9.84 Å². The minimum Gasteiger partial charge on any atom is -0.503 e. The van der Waals surface area contributed by atoms with Crippen molar-refractivity contribution in [1.82, 2.24) is 0 Å². The molecule has 0 unspecified atom stereocenters. The van der Waals surface area contributed by atoms with Crippen LogP contribution in [0.15, 0.2) is 71.2 Å². The van der Waals surface area contributed by atoms with E-state index in [-0.39, 0.29) is 17.4 Å². The lowest BCUT2D eigenvalue weighted by molar-refractivity contribution is -0.126. The molecule has 7 nitrogen and oxygen atoms in total. The van der Waals surface area contributed by atoms with E-state index in [9.17, 15) is 14.7 Å². The average molecular weight is 544 g/mol. The van der Waals surface area contributed by atoms with E-state index in [0.29, 0.717) is 33.0 Å². The van der Waals surface area contributed by atoms with E-state index >= 15 is 0 Å². The maximum Gasteiger partial charge on any atom is 0.266 e. The molecule has 2 fully saturated rings. The van der Waals surface area contributed by atoms with Crippen LogP contribution in [0.4, 0.5) is 11.4 Å². The predicted molar refractivity (Wildman–Crippen MR) is 131 cm³/mol. The lowest BCUT2D eigenvalue weighted by Gasteiger charge is -2.29. The first kappa shape index (κ1) is 22.7. The fourth-order valence-corrected chi connectivity index (χ4v) is 5.10. The van der Waals surface area contributed by atoms with Gasteiger partial charge in [-0.15, -0.1) is 0 Å². The molecule has 0 saturated carbocycles. The van der Waals surface area contributed by atoms with Gasteiger partial charge in [0.2, 0.25) is 5.91 Å². The number of fused-ring (bicyclic) bond motifs is 1. The van der Waals surface area contributed by atoms with Crippen LogP contribution >= 0.6 is 27.5 Å². The zero-order chi connectivity index (χ0) is 24.0. The summed E-state index contributed by atoms with van der Waals surface area (Å²) in [7, 11) is 0. The molecular formula is C25H20BrClN2O5. The lowest BCUT2D eigenvalue weighted by atomic mass is 9.90. The smallest absolute Gasteiger partial charge is 0.266 e. The van der Waals surface area contributed by atoms with Gasteiger partial charge in [0.05, 0.1) is 28.5 Å². The van der Waals surface area contributed by atoms with Crippen LogP contribution < -0.4 is 14.7 Å². The van der Waals surface area contributed by atoms with E-state index in [4.69, 9.17) is 21.2 Å². The summed E-state index contributed by atoms with van der Waals surface area (Å²) in [6.07, 6.45) is -1.01. The summed E-state index contributed by atoms with van der Waals surface area (Å²) in [5, 5.41) is 12.4. The number of phenols is 1. The number of imide groups is 1. The Balaban J connectivity index is 1.63. The minimum absolute atomic E-state index is 0.0401. The predicted octanol–water partition coefficient (Wildman–Crippen LogP) is 5.26. The van der Waals surface area contributed by atoms with Gasteiger partial charge >= 0.3 is 0 Å². The third kappa shape index (κ3) is 3.72. The van der Waals surface area contributed by atoms with Crippen molar-refractivity contribution in [3.63, 3.8) is 0 Å². The number of benzene rings is 3. The zero-order valence-electron chi connectivity index (χ0n) is 18.0. The monoisotopic (exact) mass is 542 g/mol. The number of rotatable bonds is 5. The van der Waals surface area contributed by atoms with E-state index in [0.717, 1.165) is 4.90 Å². The highest BCUT2D eigenvalue weighted by atomic mass is 79.9. The molecule has 2 saturated heterocycles. The number of halogens is 2. The van der Waals surface area contributed by atoms with Gasteiger partial charge in [-0.25, -0.2) is 9.96 Å². The first-order valence-electron chi connectivity index (χ1n) is 10.7. The van der Waals surface area contributed by atoms with Crippen LogP contribution in [0.25, 0.3) is 0 Å². The molecule has 3 atom stereocenters. The molecule has 3 aromatic carbocycles. The Labute approximate surface area is 209 Å². The third-order valence-electron chi connectivity index (χ3n) is 5.88. The maximum absolute atomic E-state index is 13.7. The van der Waals surface area contributed by atoms with Crippen LogP contribution in [0.5, 0.6) is 11.5 Å². The molecule has 3 aromatic rings. The van der Waals surface area contributed by atoms with Crippen molar-refractivity contribution in [2.75, 3.05) is 16.6 Å². The van der Waals surface area contributed by atoms with Crippen molar-refractivity contribution < 1.29 is 24.3 Å². The largest absolute Gasteiger partial charge is 0.503 e. The van der Waals surface area contributed by atoms with Crippen LogP contribution in [0.3, 0.4) is 0 Å². The van der Waals surface area contributed by atoms with Crippen molar-refractivity contribution in [3.8, 4) is 11.5 Å². The van der Waals surface area contributed by atoms with Crippen molar-refractivity contribution in [2.24, 2.45) is 5.92 Å². The standard InChI is InChI=1S/C25H20BrClN2O5/c1-2-33-19-12-14(11-18(26)22(19)30)21-20-23(34-29(21)16-8-4-3-5-9-16)25(32)28(24(20)31)17-10-6-7-15(27)13-17/h3-13,20-21,23,30H,2H2,1H3/t20-,21+,23+/m0/s1. The summed E-state index contributed by atoms with van der Waals surface area (Å²) in [5.74, 6) is -1.43. The number of amides is 2. The molecule has 5 rings (SSSR count). The number of carbonyl (C=O) groups excluding carboxylic acids is 2. The Morgan fingerprint density at radius 1 is 1.03 bits per heavy atom. The van der Waals surface area contributed by atoms with Gasteiger partial charge in [-0.1, -0.05) is 35.9 Å². The lowest BCUT2D eigenvalue weighted by Crippen LogP contribution is -2.37. The number of carbonyl (C=O) groups is 2. The van der Waals surface area contributed by atoms with Crippen LogP contribution in [0.2, 0.25) is 5.02 Å². The summed E-state index contributed by atoms with van der Waals surface area (Å²) < 4.78 is 6.02. The first-order chi connectivity index (χ1) is 16.4. The third-order valence-corrected chi connectivity index (χ3v) is 6.72. The van der Waals surface area contributed by atoms with Gasteiger partial charge in [-0.3, -0.25) is 14.4 Å². The summed E-state index contributed by atoms with van der Waals surface area (Å²) in [5.41, 5.74) is 1.74. The van der Waals surface area contributed by atoms with Crippen molar-refractivity contribution in [1.29, 1.82) is 0 Å². The second kappa shape index (κ2) is 8.94. The zero-order valence-corrected chi connectivity index (χ0v) is 20.4. The van der Waals surface area contributed by atoms with Gasteiger partial charge in [0.15, 0.2) is 17.6 Å². The Bertz CT molecular complexity index is 1270. The van der Waals surface area contributed by atoms with Gasteiger partial charge in [-0.2, -0.15) is 0 Å². The second-order valence-corrected chi connectivity index (χ2v) is 9.22. The van der Waals surface area contributed by atoms with E-state index < -0.39 is 24.0 Å². The number of hydrogen-bond acceptors (Lipinski definition) is 6. The van der Waals surface area contributed by atoms with E-state index in [1.165, 1.54) is 0 Å². The van der Waals surface area contributed by atoms with E-state index in [1.54, 1.807) is 41.5 Å².